The van der Waals surface area contributed by atoms with E-state index in [0.717, 1.165) is 38.8 Å². The van der Waals surface area contributed by atoms with Crippen LogP contribution in [0.25, 0.3) is 9.69 Å². The van der Waals surface area contributed by atoms with E-state index in [9.17, 15) is 9.59 Å². The molecule has 0 radical (unpaired) electrons. The molecule has 0 aromatic rings. The summed E-state index contributed by atoms with van der Waals surface area (Å²) in [5.74, 6) is 3.59. The van der Waals surface area contributed by atoms with Crippen molar-refractivity contribution >= 4 is 11.8 Å². The van der Waals surface area contributed by atoms with Crippen molar-refractivity contribution in [3.05, 3.63) is 22.8 Å². The Kier molecular flexibility index (Phi) is 7.53. The van der Waals surface area contributed by atoms with E-state index in [2.05, 4.69) is 37.4 Å². The van der Waals surface area contributed by atoms with Gasteiger partial charge in [0.1, 0.15) is 0 Å². The Morgan fingerprint density at radius 3 is 1.41 bits per heavy atom. The molecule has 4 aliphatic rings. The van der Waals surface area contributed by atoms with Gasteiger partial charge in [-0.2, -0.15) is 0 Å². The highest BCUT2D eigenvalue weighted by molar-refractivity contribution is 5.80. The highest BCUT2D eigenvalue weighted by Crippen LogP contribution is 2.51. The molecule has 2 saturated carbocycles. The molecule has 2 saturated heterocycles. The van der Waals surface area contributed by atoms with Gasteiger partial charge in [0.05, 0.1) is 11.8 Å². The van der Waals surface area contributed by atoms with Crippen molar-refractivity contribution in [2.24, 2.45) is 47.3 Å². The zero-order valence-corrected chi connectivity index (χ0v) is 20.6. The molecule has 0 N–H and O–H groups in total. The zero-order valence-electron chi connectivity index (χ0n) is 20.6. The first-order valence-corrected chi connectivity index (χ1v) is 12.5. The fourth-order valence-corrected chi connectivity index (χ4v) is 5.36. The first kappa shape index (κ1) is 24.6. The normalized spacial score (nSPS) is 35.1. The van der Waals surface area contributed by atoms with E-state index >= 15 is 0 Å². The van der Waals surface area contributed by atoms with E-state index in [1.165, 1.54) is 0 Å². The molecule has 10 atom stereocenters. The summed E-state index contributed by atoms with van der Waals surface area (Å²) in [6.07, 6.45) is 4.07. The van der Waals surface area contributed by atoms with Crippen molar-refractivity contribution in [3.63, 3.8) is 0 Å². The molecule has 2 amide bonds. The third-order valence-electron chi connectivity index (χ3n) is 8.83. The van der Waals surface area contributed by atoms with Gasteiger partial charge in [0.2, 0.25) is 11.8 Å². The number of carbonyl (C=O) groups is 2. The molecule has 0 bridgehead atoms. The molecule has 4 fully saturated rings. The molecule has 2 aliphatic carbocycles. The van der Waals surface area contributed by atoms with Crippen LogP contribution in [-0.4, -0.2) is 47.0 Å². The lowest BCUT2D eigenvalue weighted by molar-refractivity contribution is -0.138. The average molecular weight is 441 g/mol. The number of rotatable bonds is 6. The topological polar surface area (TPSA) is 49.3 Å². The fourth-order valence-electron chi connectivity index (χ4n) is 5.36. The first-order chi connectivity index (χ1) is 15.2. The second-order valence-corrected chi connectivity index (χ2v) is 10.7. The zero-order chi connectivity index (χ0) is 23.7. The van der Waals surface area contributed by atoms with Gasteiger partial charge in [-0.1, -0.05) is 54.4 Å². The number of hydrogen-bond donors (Lipinski definition) is 0. The van der Waals surface area contributed by atoms with Crippen LogP contribution >= 0.6 is 0 Å². The third-order valence-corrected chi connectivity index (χ3v) is 8.83. The molecule has 4 unspecified atom stereocenters. The Hall–Kier alpha value is -2.08. The van der Waals surface area contributed by atoms with Crippen molar-refractivity contribution < 1.29 is 9.59 Å². The smallest absolute Gasteiger partial charge is 0.289 e. The minimum atomic E-state index is -0.149. The SMILES string of the molecule is [C-]#[N+]C1[C@@H]2C[C@@H]2CN1C(=O)[C@@H](C)C(C)CC.[C-]#[N+]C1[C@H]2C[C@H]2CN1C(=O)[C@@H](C)C(C)CC. The van der Waals surface area contributed by atoms with Crippen molar-refractivity contribution in [1.29, 1.82) is 0 Å². The molecular formula is C26H40N4O2. The van der Waals surface area contributed by atoms with Crippen LogP contribution in [0.2, 0.25) is 0 Å². The maximum absolute atomic E-state index is 12.3. The number of carbonyl (C=O) groups excluding carboxylic acids is 2. The highest BCUT2D eigenvalue weighted by atomic mass is 16.2. The van der Waals surface area contributed by atoms with Crippen molar-refractivity contribution in [2.45, 2.75) is 79.6 Å². The molecule has 0 aromatic carbocycles. The van der Waals surface area contributed by atoms with Crippen LogP contribution in [0.3, 0.4) is 0 Å². The van der Waals surface area contributed by atoms with Gasteiger partial charge < -0.3 is 0 Å². The fraction of sp³-hybridized carbons (Fsp3) is 0.846. The van der Waals surface area contributed by atoms with E-state index in [0.29, 0.717) is 35.5 Å². The van der Waals surface area contributed by atoms with Gasteiger partial charge in [0, 0.05) is 24.9 Å². The Bertz CT molecular complexity index is 733. The number of amides is 2. The van der Waals surface area contributed by atoms with Crippen molar-refractivity contribution in [3.8, 4) is 0 Å². The van der Waals surface area contributed by atoms with Crippen LogP contribution in [0.4, 0.5) is 0 Å². The van der Waals surface area contributed by atoms with Crippen LogP contribution in [0.5, 0.6) is 0 Å². The molecule has 0 aromatic heterocycles. The van der Waals surface area contributed by atoms with Crippen LogP contribution in [-0.2, 0) is 9.59 Å². The largest absolute Gasteiger partial charge is 0.303 e. The van der Waals surface area contributed by atoms with Gasteiger partial charge in [-0.15, -0.1) is 0 Å². The summed E-state index contributed by atoms with van der Waals surface area (Å²) in [7, 11) is 0. The Labute approximate surface area is 194 Å². The first-order valence-electron chi connectivity index (χ1n) is 12.5. The molecular weight excluding hydrogens is 400 g/mol. The molecule has 176 valence electrons. The number of piperidine rings is 2. The third kappa shape index (κ3) is 4.66. The lowest BCUT2D eigenvalue weighted by atomic mass is 9.92. The standard InChI is InChI=1S/2C13H20N2O/c2*1-5-8(2)9(3)13(16)15-7-10-6-11(10)12(15)14-4/h2*8-12H,5-7H2,1-3H3/t8?,9-,10+,11+,12?;8?,9-,10-,11-,12?/m00/s1. The minimum absolute atomic E-state index is 0.0618. The van der Waals surface area contributed by atoms with Crippen molar-refractivity contribution in [1.82, 2.24) is 9.80 Å². The lowest BCUT2D eigenvalue weighted by Crippen LogP contribution is -2.41. The molecule has 4 rings (SSSR count). The average Bonchev–Trinajstić information content (AvgIpc) is 3.70. The van der Waals surface area contributed by atoms with Crippen LogP contribution in [0.15, 0.2) is 0 Å². The van der Waals surface area contributed by atoms with Gasteiger partial charge in [0.15, 0.2) is 0 Å². The lowest BCUT2D eigenvalue weighted by Gasteiger charge is -2.25. The summed E-state index contributed by atoms with van der Waals surface area (Å²) in [6.45, 7) is 28.5. The van der Waals surface area contributed by atoms with Crippen LogP contribution < -0.4 is 0 Å². The van der Waals surface area contributed by atoms with E-state index in [1.54, 1.807) is 0 Å². The summed E-state index contributed by atoms with van der Waals surface area (Å²) in [6, 6.07) is 0. The monoisotopic (exact) mass is 440 g/mol. The Balaban J connectivity index is 0.000000181. The predicted octanol–water partition coefficient (Wildman–Crippen LogP) is 4.78. The Morgan fingerprint density at radius 2 is 1.12 bits per heavy atom. The van der Waals surface area contributed by atoms with Crippen LogP contribution in [0.1, 0.15) is 67.2 Å². The molecule has 6 heteroatoms. The van der Waals surface area contributed by atoms with Gasteiger partial charge in [-0.25, -0.2) is 13.1 Å². The van der Waals surface area contributed by atoms with Gasteiger partial charge in [-0.05, 0) is 36.5 Å². The predicted molar refractivity (Wildman–Crippen MR) is 125 cm³/mol. The van der Waals surface area contributed by atoms with E-state index < -0.39 is 0 Å². The molecule has 2 heterocycles. The van der Waals surface area contributed by atoms with Gasteiger partial charge in [-0.3, -0.25) is 29.1 Å². The molecule has 0 spiro atoms. The molecule has 6 nitrogen and oxygen atoms in total. The maximum atomic E-state index is 12.3. The summed E-state index contributed by atoms with van der Waals surface area (Å²) >= 11 is 0. The second-order valence-electron chi connectivity index (χ2n) is 10.7. The summed E-state index contributed by atoms with van der Waals surface area (Å²) in [5, 5.41) is 0. The number of likely N-dealkylation sites (tertiary alicyclic amines) is 2. The van der Waals surface area contributed by atoms with Crippen LogP contribution in [0, 0.1) is 60.5 Å². The summed E-state index contributed by atoms with van der Waals surface area (Å²) in [4.78, 5) is 35.5. The number of nitrogens with zero attached hydrogens (tertiary/aromatic N) is 4. The minimum Gasteiger partial charge on any atom is -0.289 e. The summed E-state index contributed by atoms with van der Waals surface area (Å²) < 4.78 is 0. The number of fused-ring (bicyclic) bond motifs is 2. The van der Waals surface area contributed by atoms with E-state index in [1.807, 2.05) is 23.6 Å². The highest BCUT2D eigenvalue weighted by Gasteiger charge is 2.59. The number of hydrogen-bond acceptors (Lipinski definition) is 2. The van der Waals surface area contributed by atoms with Gasteiger partial charge >= 0.3 is 12.3 Å². The molecule has 2 aliphatic heterocycles. The van der Waals surface area contributed by atoms with E-state index in [4.69, 9.17) is 13.1 Å². The maximum Gasteiger partial charge on any atom is 0.303 e. The van der Waals surface area contributed by atoms with Gasteiger partial charge in [0.25, 0.3) is 0 Å². The Morgan fingerprint density at radius 1 is 0.781 bits per heavy atom. The summed E-state index contributed by atoms with van der Waals surface area (Å²) in [5.41, 5.74) is 0. The second kappa shape index (κ2) is 9.82. The molecule has 32 heavy (non-hydrogen) atoms. The van der Waals surface area contributed by atoms with E-state index in [-0.39, 0.29) is 36.0 Å². The van der Waals surface area contributed by atoms with Crippen molar-refractivity contribution in [2.75, 3.05) is 13.1 Å². The quantitative estimate of drug-likeness (QED) is 0.558.